The number of hydrogen-bond donors (Lipinski definition) is 1. The minimum Gasteiger partial charge on any atom is -0.455 e. The Morgan fingerprint density at radius 2 is 1.95 bits per heavy atom. The highest BCUT2D eigenvalue weighted by Crippen LogP contribution is 2.33. The zero-order valence-electron chi connectivity index (χ0n) is 10.7. The van der Waals surface area contributed by atoms with E-state index in [1.807, 2.05) is 19.1 Å². The highest BCUT2D eigenvalue weighted by molar-refractivity contribution is 6.32. The molecule has 3 rings (SSSR count). The van der Waals surface area contributed by atoms with Gasteiger partial charge in [0.1, 0.15) is 11.9 Å². The molecule has 4 heteroatoms. The van der Waals surface area contributed by atoms with E-state index < -0.39 is 11.9 Å². The summed E-state index contributed by atoms with van der Waals surface area (Å²) in [5, 5.41) is 11.5. The summed E-state index contributed by atoms with van der Waals surface area (Å²) in [6.07, 6.45) is -1.02. The number of rotatable bonds is 2. The first-order valence-corrected chi connectivity index (χ1v) is 6.57. The summed E-state index contributed by atoms with van der Waals surface area (Å²) in [5.41, 5.74) is 1.56. The second-order valence-corrected chi connectivity index (χ2v) is 5.07. The molecule has 1 N–H and O–H groups in total. The molecule has 1 heterocycles. The molecular formula is C16H12ClFO2. The number of aliphatic hydroxyl groups excluding tert-OH is 1. The standard InChI is InChI=1S/C16H12ClFO2/c1-9-4-2-6-11(14(9)17)15(19)13-8-10-5-3-7-12(18)16(10)20-13/h2-8,15,19H,1H3. The predicted molar refractivity (Wildman–Crippen MR) is 76.4 cm³/mol. The van der Waals surface area contributed by atoms with E-state index in [9.17, 15) is 9.50 Å². The molecule has 0 radical (unpaired) electrons. The number of aliphatic hydroxyl groups is 1. The normalized spacial score (nSPS) is 12.8. The van der Waals surface area contributed by atoms with Crippen LogP contribution in [0.3, 0.4) is 0 Å². The third-order valence-electron chi connectivity index (χ3n) is 3.30. The highest BCUT2D eigenvalue weighted by atomic mass is 35.5. The molecule has 2 aromatic carbocycles. The molecule has 0 aliphatic carbocycles. The molecule has 0 aliphatic rings. The highest BCUT2D eigenvalue weighted by Gasteiger charge is 2.20. The van der Waals surface area contributed by atoms with E-state index in [0.29, 0.717) is 16.0 Å². The lowest BCUT2D eigenvalue weighted by Crippen LogP contribution is -1.99. The number of aryl methyl sites for hydroxylation is 1. The maximum atomic E-state index is 13.6. The van der Waals surface area contributed by atoms with Crippen LogP contribution >= 0.6 is 11.6 Å². The van der Waals surface area contributed by atoms with Gasteiger partial charge in [-0.1, -0.05) is 41.9 Å². The van der Waals surface area contributed by atoms with Crippen molar-refractivity contribution < 1.29 is 13.9 Å². The largest absolute Gasteiger partial charge is 0.455 e. The van der Waals surface area contributed by atoms with Crippen LogP contribution in [0.15, 0.2) is 46.9 Å². The molecule has 1 unspecified atom stereocenters. The molecule has 0 fully saturated rings. The lowest BCUT2D eigenvalue weighted by Gasteiger charge is -2.11. The van der Waals surface area contributed by atoms with Crippen molar-refractivity contribution >= 4 is 22.6 Å². The van der Waals surface area contributed by atoms with Crippen molar-refractivity contribution in [3.8, 4) is 0 Å². The zero-order valence-corrected chi connectivity index (χ0v) is 11.5. The molecule has 0 amide bonds. The maximum absolute atomic E-state index is 13.6. The summed E-state index contributed by atoms with van der Waals surface area (Å²) in [5.74, 6) is -0.172. The number of para-hydroxylation sites is 1. The molecule has 0 aliphatic heterocycles. The third-order valence-corrected chi connectivity index (χ3v) is 3.82. The molecule has 3 aromatic rings. The number of hydrogen-bond acceptors (Lipinski definition) is 2. The van der Waals surface area contributed by atoms with Gasteiger partial charge < -0.3 is 9.52 Å². The van der Waals surface area contributed by atoms with Gasteiger partial charge in [0.15, 0.2) is 11.4 Å². The van der Waals surface area contributed by atoms with Crippen LogP contribution in [0.2, 0.25) is 5.02 Å². The molecule has 0 spiro atoms. The number of furan rings is 1. The van der Waals surface area contributed by atoms with E-state index in [1.54, 1.807) is 24.3 Å². The van der Waals surface area contributed by atoms with Gasteiger partial charge in [-0.2, -0.15) is 0 Å². The summed E-state index contributed by atoms with van der Waals surface area (Å²) in [6.45, 7) is 1.86. The number of benzene rings is 2. The van der Waals surface area contributed by atoms with Crippen LogP contribution in [0.25, 0.3) is 11.0 Å². The smallest absolute Gasteiger partial charge is 0.170 e. The lowest BCUT2D eigenvalue weighted by molar-refractivity contribution is 0.192. The molecule has 1 aromatic heterocycles. The lowest BCUT2D eigenvalue weighted by atomic mass is 10.0. The van der Waals surface area contributed by atoms with Gasteiger partial charge in [0.2, 0.25) is 0 Å². The summed E-state index contributed by atoms with van der Waals surface area (Å²) >= 11 is 6.19. The van der Waals surface area contributed by atoms with Crippen LogP contribution in [0, 0.1) is 12.7 Å². The van der Waals surface area contributed by atoms with Gasteiger partial charge in [0, 0.05) is 16.0 Å². The van der Waals surface area contributed by atoms with E-state index in [0.717, 1.165) is 5.56 Å². The molecule has 20 heavy (non-hydrogen) atoms. The number of halogens is 2. The van der Waals surface area contributed by atoms with E-state index in [-0.39, 0.29) is 11.3 Å². The fourth-order valence-corrected chi connectivity index (χ4v) is 2.45. The van der Waals surface area contributed by atoms with E-state index in [1.165, 1.54) is 6.07 Å². The van der Waals surface area contributed by atoms with E-state index in [4.69, 9.17) is 16.0 Å². The summed E-state index contributed by atoms with van der Waals surface area (Å²) in [6, 6.07) is 11.7. The van der Waals surface area contributed by atoms with Crippen molar-refractivity contribution in [1.82, 2.24) is 0 Å². The Hall–Kier alpha value is -1.84. The minimum absolute atomic E-state index is 0.144. The van der Waals surface area contributed by atoms with Crippen molar-refractivity contribution in [2.24, 2.45) is 0 Å². The molecule has 2 nitrogen and oxygen atoms in total. The third kappa shape index (κ3) is 2.09. The molecule has 0 bridgehead atoms. The first-order valence-electron chi connectivity index (χ1n) is 6.19. The Balaban J connectivity index is 2.10. The van der Waals surface area contributed by atoms with E-state index >= 15 is 0 Å². The van der Waals surface area contributed by atoms with Crippen LogP contribution in [-0.4, -0.2) is 5.11 Å². The SMILES string of the molecule is Cc1cccc(C(O)c2cc3cccc(F)c3o2)c1Cl. The second kappa shape index (κ2) is 4.93. The van der Waals surface area contributed by atoms with Crippen LogP contribution in [0.4, 0.5) is 4.39 Å². The van der Waals surface area contributed by atoms with E-state index in [2.05, 4.69) is 0 Å². The van der Waals surface area contributed by atoms with Crippen molar-refractivity contribution in [3.05, 3.63) is 70.2 Å². The van der Waals surface area contributed by atoms with Gasteiger partial charge >= 0.3 is 0 Å². The van der Waals surface area contributed by atoms with Crippen LogP contribution < -0.4 is 0 Å². The number of fused-ring (bicyclic) bond motifs is 1. The molecular weight excluding hydrogens is 279 g/mol. The Kier molecular flexibility index (Phi) is 3.24. The van der Waals surface area contributed by atoms with Gasteiger partial charge in [0.05, 0.1) is 0 Å². The van der Waals surface area contributed by atoms with Crippen molar-refractivity contribution in [3.63, 3.8) is 0 Å². The summed E-state index contributed by atoms with van der Waals surface area (Å²) in [7, 11) is 0. The Bertz CT molecular complexity index is 779. The van der Waals surface area contributed by atoms with Crippen LogP contribution in [0.1, 0.15) is 23.0 Å². The summed E-state index contributed by atoms with van der Waals surface area (Å²) in [4.78, 5) is 0. The maximum Gasteiger partial charge on any atom is 0.170 e. The average molecular weight is 291 g/mol. The quantitative estimate of drug-likeness (QED) is 0.747. The van der Waals surface area contributed by atoms with Gasteiger partial charge in [-0.15, -0.1) is 0 Å². The second-order valence-electron chi connectivity index (χ2n) is 4.69. The fraction of sp³-hybridized carbons (Fsp3) is 0.125. The van der Waals surface area contributed by atoms with Gasteiger partial charge in [0.25, 0.3) is 0 Å². The van der Waals surface area contributed by atoms with Crippen LogP contribution in [-0.2, 0) is 0 Å². The Morgan fingerprint density at radius 3 is 2.70 bits per heavy atom. The fourth-order valence-electron chi connectivity index (χ4n) is 2.22. The van der Waals surface area contributed by atoms with Gasteiger partial charge in [-0.3, -0.25) is 0 Å². The predicted octanol–water partition coefficient (Wildman–Crippen LogP) is 4.62. The Labute approximate surface area is 120 Å². The van der Waals surface area contributed by atoms with Gasteiger partial charge in [-0.05, 0) is 24.6 Å². The first-order chi connectivity index (χ1) is 9.58. The first kappa shape index (κ1) is 13.2. The monoisotopic (exact) mass is 290 g/mol. The van der Waals surface area contributed by atoms with Crippen molar-refractivity contribution in [2.45, 2.75) is 13.0 Å². The molecule has 1 atom stereocenters. The topological polar surface area (TPSA) is 33.4 Å². The van der Waals surface area contributed by atoms with Crippen molar-refractivity contribution in [2.75, 3.05) is 0 Å². The zero-order chi connectivity index (χ0) is 14.3. The van der Waals surface area contributed by atoms with Crippen molar-refractivity contribution in [1.29, 1.82) is 0 Å². The summed E-state index contributed by atoms with van der Waals surface area (Å²) < 4.78 is 19.0. The van der Waals surface area contributed by atoms with Gasteiger partial charge in [-0.25, -0.2) is 4.39 Å². The minimum atomic E-state index is -1.02. The Morgan fingerprint density at radius 1 is 1.20 bits per heavy atom. The molecule has 0 saturated carbocycles. The average Bonchev–Trinajstić information content (AvgIpc) is 2.87. The molecule has 102 valence electrons. The van der Waals surface area contributed by atoms with Crippen LogP contribution in [0.5, 0.6) is 0 Å². The molecule has 0 saturated heterocycles.